The Morgan fingerprint density at radius 2 is 1.73 bits per heavy atom. The van der Waals surface area contributed by atoms with E-state index in [2.05, 4.69) is 29.2 Å². The number of hydrogen-bond acceptors (Lipinski definition) is 3. The molecule has 1 atom stereocenters. The maximum Gasteiger partial charge on any atom is 0.222 e. The second-order valence-electron chi connectivity index (χ2n) is 7.65. The Morgan fingerprint density at radius 3 is 2.42 bits per heavy atom. The van der Waals surface area contributed by atoms with E-state index in [1.54, 1.807) is 6.92 Å². The van der Waals surface area contributed by atoms with E-state index < -0.39 is 0 Å². The molecule has 0 aliphatic carbocycles. The zero-order chi connectivity index (χ0) is 18.4. The van der Waals surface area contributed by atoms with Gasteiger partial charge in [-0.3, -0.25) is 14.5 Å². The largest absolute Gasteiger partial charge is 0.343 e. The molecule has 2 amide bonds. The molecule has 142 valence electrons. The second-order valence-corrected chi connectivity index (χ2v) is 7.65. The molecule has 5 heteroatoms. The minimum absolute atomic E-state index is 0.163. The Hall–Kier alpha value is -1.88. The fourth-order valence-electron chi connectivity index (χ4n) is 4.07. The smallest absolute Gasteiger partial charge is 0.222 e. The van der Waals surface area contributed by atoms with E-state index >= 15 is 0 Å². The first kappa shape index (κ1) is 18.9. The lowest BCUT2D eigenvalue weighted by Crippen LogP contribution is -2.48. The molecule has 2 heterocycles. The van der Waals surface area contributed by atoms with E-state index in [1.807, 2.05) is 15.9 Å². The van der Waals surface area contributed by atoms with Crippen molar-refractivity contribution in [1.82, 2.24) is 14.7 Å². The van der Waals surface area contributed by atoms with Crippen LogP contribution >= 0.6 is 0 Å². The van der Waals surface area contributed by atoms with E-state index in [0.717, 1.165) is 65.1 Å². The number of rotatable bonds is 5. The summed E-state index contributed by atoms with van der Waals surface area (Å²) in [5, 5.41) is 0. The molecule has 3 rings (SSSR count). The van der Waals surface area contributed by atoms with Gasteiger partial charge in [0.15, 0.2) is 0 Å². The van der Waals surface area contributed by atoms with Crippen LogP contribution in [0.5, 0.6) is 0 Å². The molecule has 2 aliphatic rings. The Kier molecular flexibility index (Phi) is 6.67. The van der Waals surface area contributed by atoms with Gasteiger partial charge in [0.1, 0.15) is 0 Å². The van der Waals surface area contributed by atoms with Crippen LogP contribution in [0.15, 0.2) is 30.3 Å². The molecular formula is C21H31N3O2. The third-order valence-corrected chi connectivity index (χ3v) is 5.70. The number of likely N-dealkylation sites (tertiary alicyclic amines) is 1. The van der Waals surface area contributed by atoms with Gasteiger partial charge in [0, 0.05) is 59.2 Å². The molecule has 0 unspecified atom stereocenters. The quantitative estimate of drug-likeness (QED) is 0.813. The van der Waals surface area contributed by atoms with Crippen LogP contribution in [0.3, 0.4) is 0 Å². The van der Waals surface area contributed by atoms with Gasteiger partial charge in [0.2, 0.25) is 11.8 Å². The summed E-state index contributed by atoms with van der Waals surface area (Å²) in [5.41, 5.74) is 1.33. The maximum atomic E-state index is 12.5. The number of carbonyl (C=O) groups is 2. The number of carbonyl (C=O) groups excluding carboxylic acids is 2. The number of benzene rings is 1. The van der Waals surface area contributed by atoms with Crippen LogP contribution in [0.1, 0.15) is 38.2 Å². The molecule has 0 saturated carbocycles. The van der Waals surface area contributed by atoms with Crippen molar-refractivity contribution in [3.05, 3.63) is 35.9 Å². The van der Waals surface area contributed by atoms with Gasteiger partial charge < -0.3 is 9.80 Å². The Labute approximate surface area is 156 Å². The zero-order valence-corrected chi connectivity index (χ0v) is 15.9. The summed E-state index contributed by atoms with van der Waals surface area (Å²) in [6, 6.07) is 10.5. The van der Waals surface area contributed by atoms with Gasteiger partial charge in [-0.05, 0) is 30.7 Å². The molecular weight excluding hydrogens is 326 g/mol. The Morgan fingerprint density at radius 1 is 1.00 bits per heavy atom. The highest BCUT2D eigenvalue weighted by Gasteiger charge is 2.25. The van der Waals surface area contributed by atoms with Crippen LogP contribution < -0.4 is 0 Å². The lowest BCUT2D eigenvalue weighted by atomic mass is 9.93. The van der Waals surface area contributed by atoms with Crippen molar-refractivity contribution in [1.29, 1.82) is 0 Å². The number of piperidine rings is 1. The van der Waals surface area contributed by atoms with E-state index in [9.17, 15) is 9.59 Å². The molecule has 2 aliphatic heterocycles. The van der Waals surface area contributed by atoms with Crippen LogP contribution in [0, 0.1) is 5.92 Å². The monoisotopic (exact) mass is 357 g/mol. The van der Waals surface area contributed by atoms with Crippen LogP contribution in [0.4, 0.5) is 0 Å². The normalized spacial score (nSPS) is 21.7. The average Bonchev–Trinajstić information content (AvgIpc) is 2.68. The van der Waals surface area contributed by atoms with Gasteiger partial charge in [-0.15, -0.1) is 0 Å². The number of hydrogen-bond donors (Lipinski definition) is 0. The van der Waals surface area contributed by atoms with Crippen LogP contribution in [-0.4, -0.2) is 65.8 Å². The van der Waals surface area contributed by atoms with Gasteiger partial charge in [0.05, 0.1) is 0 Å². The lowest BCUT2D eigenvalue weighted by molar-refractivity contribution is -0.133. The predicted molar refractivity (Wildman–Crippen MR) is 103 cm³/mol. The van der Waals surface area contributed by atoms with Gasteiger partial charge in [-0.25, -0.2) is 0 Å². The Bertz CT molecular complexity index is 597. The predicted octanol–water partition coefficient (Wildman–Crippen LogP) is 2.37. The van der Waals surface area contributed by atoms with Crippen LogP contribution in [0.2, 0.25) is 0 Å². The molecule has 2 fully saturated rings. The van der Waals surface area contributed by atoms with Crippen molar-refractivity contribution in [2.45, 2.75) is 39.2 Å². The van der Waals surface area contributed by atoms with Crippen molar-refractivity contribution in [3.63, 3.8) is 0 Å². The highest BCUT2D eigenvalue weighted by Crippen LogP contribution is 2.22. The van der Waals surface area contributed by atoms with Crippen molar-refractivity contribution in [2.75, 3.05) is 39.3 Å². The van der Waals surface area contributed by atoms with E-state index in [4.69, 9.17) is 0 Å². The summed E-state index contributed by atoms with van der Waals surface area (Å²) >= 11 is 0. The molecule has 0 bridgehead atoms. The standard InChI is InChI=1S/C21H31N3O2/c1-18(25)24-11-5-8-20(17-24)9-10-21(26)23-14-12-22(13-15-23)16-19-6-3-2-4-7-19/h2-4,6-7,20H,5,8-17H2,1H3/t20-/m1/s1. The van der Waals surface area contributed by atoms with Crippen LogP contribution in [-0.2, 0) is 16.1 Å². The molecule has 1 aromatic rings. The molecule has 0 spiro atoms. The van der Waals surface area contributed by atoms with Gasteiger partial charge in [-0.2, -0.15) is 0 Å². The van der Waals surface area contributed by atoms with Crippen LogP contribution in [0.25, 0.3) is 0 Å². The fourth-order valence-corrected chi connectivity index (χ4v) is 4.07. The minimum atomic E-state index is 0.163. The van der Waals surface area contributed by atoms with E-state index in [1.165, 1.54) is 5.56 Å². The summed E-state index contributed by atoms with van der Waals surface area (Å²) in [6.07, 6.45) is 3.74. The average molecular weight is 357 g/mol. The molecule has 26 heavy (non-hydrogen) atoms. The van der Waals surface area contributed by atoms with Crippen molar-refractivity contribution >= 4 is 11.8 Å². The van der Waals surface area contributed by atoms with Gasteiger partial charge >= 0.3 is 0 Å². The number of nitrogens with zero attached hydrogens (tertiary/aromatic N) is 3. The highest BCUT2D eigenvalue weighted by atomic mass is 16.2. The van der Waals surface area contributed by atoms with E-state index in [0.29, 0.717) is 12.3 Å². The number of amides is 2. The molecule has 2 saturated heterocycles. The topological polar surface area (TPSA) is 43.9 Å². The first-order valence-electron chi connectivity index (χ1n) is 9.91. The van der Waals surface area contributed by atoms with Gasteiger partial charge in [0.25, 0.3) is 0 Å². The summed E-state index contributed by atoms with van der Waals surface area (Å²) < 4.78 is 0. The summed E-state index contributed by atoms with van der Waals surface area (Å²) in [6.45, 7) is 7.86. The maximum absolute atomic E-state index is 12.5. The highest BCUT2D eigenvalue weighted by molar-refractivity contribution is 5.76. The van der Waals surface area contributed by atoms with Crippen molar-refractivity contribution in [3.8, 4) is 0 Å². The first-order chi connectivity index (χ1) is 12.6. The molecule has 1 aromatic carbocycles. The zero-order valence-electron chi connectivity index (χ0n) is 15.9. The molecule has 5 nitrogen and oxygen atoms in total. The third-order valence-electron chi connectivity index (χ3n) is 5.70. The summed E-state index contributed by atoms with van der Waals surface area (Å²) in [5.74, 6) is 0.927. The minimum Gasteiger partial charge on any atom is -0.343 e. The fraction of sp³-hybridized carbons (Fsp3) is 0.619. The summed E-state index contributed by atoms with van der Waals surface area (Å²) in [4.78, 5) is 30.5. The molecule has 0 aromatic heterocycles. The molecule has 0 radical (unpaired) electrons. The lowest BCUT2D eigenvalue weighted by Gasteiger charge is -2.35. The van der Waals surface area contributed by atoms with Gasteiger partial charge in [-0.1, -0.05) is 30.3 Å². The SMILES string of the molecule is CC(=O)N1CCC[C@H](CCC(=O)N2CCN(Cc3ccccc3)CC2)C1. The molecule has 0 N–H and O–H groups in total. The third kappa shape index (κ3) is 5.31. The van der Waals surface area contributed by atoms with Crippen molar-refractivity contribution < 1.29 is 9.59 Å². The number of piperazine rings is 1. The Balaban J connectivity index is 1.38. The summed E-state index contributed by atoms with van der Waals surface area (Å²) in [7, 11) is 0. The van der Waals surface area contributed by atoms with Crippen molar-refractivity contribution in [2.24, 2.45) is 5.92 Å². The first-order valence-corrected chi connectivity index (χ1v) is 9.91. The second kappa shape index (κ2) is 9.17. The van der Waals surface area contributed by atoms with E-state index in [-0.39, 0.29) is 11.8 Å².